The van der Waals surface area contributed by atoms with Crippen molar-refractivity contribution in [2.75, 3.05) is 6.54 Å². The number of likely N-dealkylation sites (tertiary alicyclic amines) is 1. The molecule has 8 nitrogen and oxygen atoms in total. The number of amides is 2. The number of thioether (sulfide) groups is 1. The van der Waals surface area contributed by atoms with E-state index in [9.17, 15) is 19.2 Å². The van der Waals surface area contributed by atoms with Gasteiger partial charge in [0.15, 0.2) is 0 Å². The summed E-state index contributed by atoms with van der Waals surface area (Å²) in [5.74, 6) is -2.07. The van der Waals surface area contributed by atoms with E-state index >= 15 is 0 Å². The van der Waals surface area contributed by atoms with Gasteiger partial charge in [-0.25, -0.2) is 0 Å². The van der Waals surface area contributed by atoms with Gasteiger partial charge in [-0.15, -0.1) is 11.8 Å². The van der Waals surface area contributed by atoms with Crippen LogP contribution in [-0.2, 0) is 21.0 Å². The van der Waals surface area contributed by atoms with Gasteiger partial charge in [-0.3, -0.25) is 24.1 Å². The quantitative estimate of drug-likeness (QED) is 0.323. The minimum atomic E-state index is -1.04. The van der Waals surface area contributed by atoms with Crippen LogP contribution in [0.2, 0.25) is 5.02 Å². The van der Waals surface area contributed by atoms with Crippen LogP contribution >= 0.6 is 50.6 Å². The maximum absolute atomic E-state index is 13.6. The summed E-state index contributed by atoms with van der Waals surface area (Å²) >= 11 is 12.6. The van der Waals surface area contributed by atoms with Crippen molar-refractivity contribution in [2.24, 2.45) is 29.6 Å². The number of thiazole rings is 1. The lowest BCUT2D eigenvalue weighted by Crippen LogP contribution is -2.42. The van der Waals surface area contributed by atoms with E-state index < -0.39 is 17.8 Å². The third-order valence-electron chi connectivity index (χ3n) is 8.95. The molecule has 4 aliphatic rings. The van der Waals surface area contributed by atoms with E-state index in [1.807, 2.05) is 42.5 Å². The van der Waals surface area contributed by atoms with Crippen molar-refractivity contribution in [3.63, 3.8) is 0 Å². The van der Waals surface area contributed by atoms with E-state index in [0.29, 0.717) is 17.4 Å². The van der Waals surface area contributed by atoms with Crippen molar-refractivity contribution in [2.45, 2.75) is 35.6 Å². The number of ether oxygens (including phenoxy) is 1. The minimum Gasteiger partial charge on any atom is -0.489 e. The summed E-state index contributed by atoms with van der Waals surface area (Å²) in [5, 5.41) is 10.6. The molecule has 12 heteroatoms. The standard InChI is InChI=1S/C29H24BrClN2O6S2/c30-13-4-5-18(39-11-12-2-1-3-14(31)8-12)15(9-13)20-21-16-10-17(24(21)40-26-25(20)41-29(38)32-26)23-22(16)27(36)33(28(23)37)7-6-19(34)35/h1-5,8-9,16-17,20-24H,6-7,10-11H2,(H,32,38)(H,34,35)/t16?,17?,20-,21?,22?,23?,24?/m1/s1. The van der Waals surface area contributed by atoms with Crippen LogP contribution in [0.15, 0.2) is 56.8 Å². The van der Waals surface area contributed by atoms with Gasteiger partial charge in [0.25, 0.3) is 0 Å². The molecule has 2 saturated carbocycles. The molecular weight excluding hydrogens is 652 g/mol. The normalized spacial score (nSPS) is 29.4. The lowest BCUT2D eigenvalue weighted by molar-refractivity contribution is -0.142. The van der Waals surface area contributed by atoms with Crippen LogP contribution in [0.5, 0.6) is 5.75 Å². The highest BCUT2D eigenvalue weighted by molar-refractivity contribution is 9.10. The van der Waals surface area contributed by atoms with Gasteiger partial charge >= 0.3 is 10.8 Å². The fourth-order valence-electron chi connectivity index (χ4n) is 7.54. The molecule has 3 fully saturated rings. The Morgan fingerprint density at radius 2 is 1.90 bits per heavy atom. The summed E-state index contributed by atoms with van der Waals surface area (Å²) in [5.41, 5.74) is 1.85. The first-order valence-corrected chi connectivity index (χ1v) is 16.2. The van der Waals surface area contributed by atoms with Gasteiger partial charge in [0.2, 0.25) is 11.8 Å². The van der Waals surface area contributed by atoms with Crippen LogP contribution in [0.3, 0.4) is 0 Å². The number of carboxylic acid groups (broad SMARTS) is 1. The van der Waals surface area contributed by atoms with Crippen molar-refractivity contribution in [1.29, 1.82) is 0 Å². The molecule has 1 saturated heterocycles. The maximum atomic E-state index is 13.6. The number of nitrogens with zero attached hydrogens (tertiary/aromatic N) is 1. The number of halogens is 2. The first kappa shape index (κ1) is 27.2. The second-order valence-corrected chi connectivity index (χ2v) is 14.6. The molecule has 1 aromatic heterocycles. The highest BCUT2D eigenvalue weighted by atomic mass is 79.9. The summed E-state index contributed by atoms with van der Waals surface area (Å²) in [6.07, 6.45) is 0.491. The van der Waals surface area contributed by atoms with E-state index in [4.69, 9.17) is 21.4 Å². The van der Waals surface area contributed by atoms with Gasteiger partial charge in [0, 0.05) is 37.6 Å². The number of fused-ring (bicyclic) bond motifs is 9. The van der Waals surface area contributed by atoms with Crippen molar-refractivity contribution in [3.8, 4) is 5.75 Å². The molecule has 3 heterocycles. The zero-order valence-corrected chi connectivity index (χ0v) is 25.4. The molecule has 0 radical (unpaired) electrons. The fraction of sp³-hybridized carbons (Fsp3) is 0.379. The highest BCUT2D eigenvalue weighted by Crippen LogP contribution is 2.69. The second kappa shape index (κ2) is 10.3. The van der Waals surface area contributed by atoms with Crippen LogP contribution in [-0.4, -0.2) is 44.6 Å². The lowest BCUT2D eigenvalue weighted by Gasteiger charge is -2.43. The van der Waals surface area contributed by atoms with Crippen molar-refractivity contribution < 1.29 is 24.2 Å². The number of hydrogen-bond donors (Lipinski definition) is 2. The van der Waals surface area contributed by atoms with Gasteiger partial charge < -0.3 is 14.8 Å². The number of H-pyrrole nitrogens is 1. The molecular formula is C29H24BrClN2O6S2. The molecule has 2 aliphatic carbocycles. The number of carbonyl (C=O) groups is 3. The van der Waals surface area contributed by atoms with Crippen LogP contribution in [0.4, 0.5) is 0 Å². The number of hydrogen-bond acceptors (Lipinski definition) is 7. The molecule has 2 N–H and O–H groups in total. The molecule has 2 aliphatic heterocycles. The largest absolute Gasteiger partial charge is 0.489 e. The molecule has 2 amide bonds. The average Bonchev–Trinajstić information content (AvgIpc) is 3.66. The molecule has 6 unspecified atom stereocenters. The number of imide groups is 1. The Kier molecular flexibility index (Phi) is 6.84. The number of aromatic amines is 1. The summed E-state index contributed by atoms with van der Waals surface area (Å²) in [7, 11) is 0. The van der Waals surface area contributed by atoms with Crippen LogP contribution in [0.25, 0.3) is 0 Å². The van der Waals surface area contributed by atoms with Gasteiger partial charge in [-0.1, -0.05) is 51.0 Å². The molecule has 41 heavy (non-hydrogen) atoms. The highest BCUT2D eigenvalue weighted by Gasteiger charge is 2.69. The number of carbonyl (C=O) groups excluding carboxylic acids is 2. The summed E-state index contributed by atoms with van der Waals surface area (Å²) in [4.78, 5) is 55.8. The third kappa shape index (κ3) is 4.47. The topological polar surface area (TPSA) is 117 Å². The molecule has 212 valence electrons. The van der Waals surface area contributed by atoms with E-state index in [1.54, 1.807) is 11.8 Å². The first-order valence-electron chi connectivity index (χ1n) is 13.3. The van der Waals surface area contributed by atoms with E-state index in [2.05, 4.69) is 20.9 Å². The monoisotopic (exact) mass is 674 g/mol. The Morgan fingerprint density at radius 1 is 1.12 bits per heavy atom. The Bertz CT molecular complexity index is 1660. The van der Waals surface area contributed by atoms with Crippen LogP contribution < -0.4 is 9.61 Å². The van der Waals surface area contributed by atoms with Crippen molar-refractivity contribution >= 4 is 68.4 Å². The van der Waals surface area contributed by atoms with Gasteiger partial charge in [0.05, 0.1) is 23.3 Å². The van der Waals surface area contributed by atoms with Gasteiger partial charge in [-0.05, 0) is 60.1 Å². The average molecular weight is 676 g/mol. The Labute approximate surface area is 256 Å². The maximum Gasteiger partial charge on any atom is 0.305 e. The van der Waals surface area contributed by atoms with Crippen molar-refractivity contribution in [3.05, 3.63) is 77.6 Å². The van der Waals surface area contributed by atoms with Crippen LogP contribution in [0.1, 0.15) is 34.8 Å². The van der Waals surface area contributed by atoms with Crippen molar-refractivity contribution in [1.82, 2.24) is 9.88 Å². The molecule has 2 aromatic carbocycles. The van der Waals surface area contributed by atoms with E-state index in [-0.39, 0.29) is 58.6 Å². The number of benzene rings is 2. The number of carboxylic acids is 1. The minimum absolute atomic E-state index is 0.00388. The third-order valence-corrected chi connectivity index (χ3v) is 12.3. The Balaban J connectivity index is 1.28. The van der Waals surface area contributed by atoms with Gasteiger partial charge in [0.1, 0.15) is 12.4 Å². The lowest BCUT2D eigenvalue weighted by atomic mass is 9.68. The second-order valence-electron chi connectivity index (χ2n) is 11.0. The zero-order valence-electron chi connectivity index (χ0n) is 21.4. The number of nitrogens with one attached hydrogen (secondary N) is 1. The Hall–Kier alpha value is -2.60. The SMILES string of the molecule is O=C(O)CCN1C(=O)C2C3CC(C2C1=O)C1C3Sc2[nH]c(=O)sc2[C@@H]1c1cc(Br)ccc1OCc1cccc(Cl)c1. The number of aliphatic carboxylic acids is 1. The molecule has 2 bridgehead atoms. The van der Waals surface area contributed by atoms with E-state index in [1.165, 1.54) is 16.2 Å². The summed E-state index contributed by atoms with van der Waals surface area (Å²) in [6.45, 7) is 0.211. The predicted molar refractivity (Wildman–Crippen MR) is 157 cm³/mol. The number of aromatic nitrogens is 1. The zero-order chi connectivity index (χ0) is 28.6. The van der Waals surface area contributed by atoms with Gasteiger partial charge in [-0.2, -0.15) is 0 Å². The van der Waals surface area contributed by atoms with Crippen LogP contribution in [0, 0.1) is 29.6 Å². The molecule has 7 rings (SSSR count). The number of rotatable bonds is 7. The molecule has 3 aromatic rings. The molecule has 0 spiro atoms. The predicted octanol–water partition coefficient (Wildman–Crippen LogP) is 5.38. The summed E-state index contributed by atoms with van der Waals surface area (Å²) in [6, 6.07) is 13.4. The smallest absolute Gasteiger partial charge is 0.305 e. The first-order chi connectivity index (χ1) is 19.7. The van der Waals surface area contributed by atoms with E-state index in [0.717, 1.165) is 31.9 Å². The Morgan fingerprint density at radius 3 is 2.66 bits per heavy atom. The summed E-state index contributed by atoms with van der Waals surface area (Å²) < 4.78 is 7.25. The molecule has 7 atom stereocenters. The fourth-order valence-corrected chi connectivity index (χ4v) is 11.0.